The number of rotatable bonds is 3. The zero-order valence-corrected chi connectivity index (χ0v) is 13.4. The predicted molar refractivity (Wildman–Crippen MR) is 86.0 cm³/mol. The van der Waals surface area contributed by atoms with Crippen LogP contribution < -0.4 is 5.32 Å². The highest BCUT2D eigenvalue weighted by molar-refractivity contribution is 7.16. The molecular formula is C16H21N3O2S. The minimum Gasteiger partial charge on any atom is -0.393 e. The maximum Gasteiger partial charge on any atom is 0.239 e. The van der Waals surface area contributed by atoms with Crippen LogP contribution in [-0.2, 0) is 17.6 Å². The summed E-state index contributed by atoms with van der Waals surface area (Å²) >= 11 is 1.56. The Labute approximate surface area is 134 Å². The van der Waals surface area contributed by atoms with E-state index >= 15 is 0 Å². The minimum absolute atomic E-state index is 0.0634. The summed E-state index contributed by atoms with van der Waals surface area (Å²) < 4.78 is 0. The zero-order chi connectivity index (χ0) is 15.5. The maximum absolute atomic E-state index is 12.2. The van der Waals surface area contributed by atoms with Crippen molar-refractivity contribution in [1.82, 2.24) is 4.90 Å². The summed E-state index contributed by atoms with van der Waals surface area (Å²) in [6, 6.07) is 2.27. The lowest BCUT2D eigenvalue weighted by molar-refractivity contribution is -0.117. The van der Waals surface area contributed by atoms with Crippen molar-refractivity contribution in [2.24, 2.45) is 0 Å². The van der Waals surface area contributed by atoms with Gasteiger partial charge in [-0.3, -0.25) is 9.69 Å². The molecule has 0 bridgehead atoms. The van der Waals surface area contributed by atoms with E-state index in [4.69, 9.17) is 0 Å². The smallest absolute Gasteiger partial charge is 0.239 e. The number of fused-ring (bicyclic) bond motifs is 1. The van der Waals surface area contributed by atoms with Gasteiger partial charge >= 0.3 is 0 Å². The zero-order valence-electron chi connectivity index (χ0n) is 12.6. The second-order valence-electron chi connectivity index (χ2n) is 6.08. The fourth-order valence-electron chi connectivity index (χ4n) is 3.22. The molecule has 0 aromatic carbocycles. The quantitative estimate of drug-likeness (QED) is 0.892. The van der Waals surface area contributed by atoms with E-state index in [-0.39, 0.29) is 12.0 Å². The van der Waals surface area contributed by atoms with Crippen LogP contribution in [0.2, 0.25) is 0 Å². The highest BCUT2D eigenvalue weighted by Gasteiger charge is 2.23. The van der Waals surface area contributed by atoms with Crippen molar-refractivity contribution in [3.05, 3.63) is 16.0 Å². The molecule has 6 heteroatoms. The normalized spacial score (nSPS) is 19.5. The summed E-state index contributed by atoms with van der Waals surface area (Å²) in [6.45, 7) is 1.83. The lowest BCUT2D eigenvalue weighted by Gasteiger charge is -2.28. The average molecular weight is 319 g/mol. The van der Waals surface area contributed by atoms with E-state index in [0.717, 1.165) is 55.8 Å². The first kappa shape index (κ1) is 15.5. The van der Waals surface area contributed by atoms with Crippen molar-refractivity contribution >= 4 is 22.2 Å². The fraction of sp³-hybridized carbons (Fsp3) is 0.625. The predicted octanol–water partition coefficient (Wildman–Crippen LogP) is 1.89. The van der Waals surface area contributed by atoms with Gasteiger partial charge in [0.1, 0.15) is 11.1 Å². The van der Waals surface area contributed by atoms with Crippen molar-refractivity contribution in [2.75, 3.05) is 25.0 Å². The Morgan fingerprint density at radius 3 is 2.82 bits per heavy atom. The highest BCUT2D eigenvalue weighted by atomic mass is 32.1. The summed E-state index contributed by atoms with van der Waals surface area (Å²) in [4.78, 5) is 15.5. The molecule has 118 valence electrons. The van der Waals surface area contributed by atoms with Gasteiger partial charge in [-0.1, -0.05) is 0 Å². The van der Waals surface area contributed by atoms with E-state index in [2.05, 4.69) is 16.3 Å². The van der Waals surface area contributed by atoms with Crippen LogP contribution in [0.5, 0.6) is 0 Å². The number of thiophene rings is 1. The van der Waals surface area contributed by atoms with Gasteiger partial charge in [-0.05, 0) is 44.1 Å². The van der Waals surface area contributed by atoms with Crippen molar-refractivity contribution in [3.63, 3.8) is 0 Å². The summed E-state index contributed by atoms with van der Waals surface area (Å²) in [5.41, 5.74) is 1.82. The van der Waals surface area contributed by atoms with Crippen molar-refractivity contribution in [1.29, 1.82) is 5.26 Å². The highest BCUT2D eigenvalue weighted by Crippen LogP contribution is 2.37. The molecule has 2 aliphatic rings. The molecule has 5 nitrogen and oxygen atoms in total. The van der Waals surface area contributed by atoms with E-state index in [1.807, 2.05) is 0 Å². The molecule has 22 heavy (non-hydrogen) atoms. The summed E-state index contributed by atoms with van der Waals surface area (Å²) in [5.74, 6) is -0.0634. The van der Waals surface area contributed by atoms with Crippen LogP contribution in [0.15, 0.2) is 0 Å². The van der Waals surface area contributed by atoms with Gasteiger partial charge in [0.15, 0.2) is 0 Å². The van der Waals surface area contributed by atoms with Gasteiger partial charge in [0.25, 0.3) is 0 Å². The number of aliphatic hydroxyl groups excluding tert-OH is 1. The van der Waals surface area contributed by atoms with Gasteiger partial charge in [-0.2, -0.15) is 5.26 Å². The van der Waals surface area contributed by atoms with Gasteiger partial charge in [-0.25, -0.2) is 0 Å². The number of carbonyl (C=O) groups excluding carboxylic acids is 1. The first-order chi connectivity index (χ1) is 10.7. The van der Waals surface area contributed by atoms with Crippen LogP contribution in [-0.4, -0.2) is 41.7 Å². The van der Waals surface area contributed by atoms with E-state index in [0.29, 0.717) is 12.1 Å². The first-order valence-corrected chi connectivity index (χ1v) is 8.74. The van der Waals surface area contributed by atoms with Crippen molar-refractivity contribution in [3.8, 4) is 6.07 Å². The van der Waals surface area contributed by atoms with Crippen molar-refractivity contribution in [2.45, 2.75) is 44.6 Å². The van der Waals surface area contributed by atoms with Crippen LogP contribution in [0.3, 0.4) is 0 Å². The number of aryl methyl sites for hydroxylation is 1. The largest absolute Gasteiger partial charge is 0.393 e. The molecule has 3 rings (SSSR count). The molecule has 0 unspecified atom stereocenters. The SMILES string of the molecule is N#Cc1c(NC(=O)CN2CCC(O)CC2)sc2c1CCCC2. The molecule has 1 amide bonds. The Bertz CT molecular complexity index is 597. The van der Waals surface area contributed by atoms with Gasteiger partial charge in [-0.15, -0.1) is 11.3 Å². The number of nitriles is 1. The second-order valence-corrected chi connectivity index (χ2v) is 7.19. The lowest BCUT2D eigenvalue weighted by atomic mass is 9.96. The summed E-state index contributed by atoms with van der Waals surface area (Å²) in [7, 11) is 0. The van der Waals surface area contributed by atoms with Gasteiger partial charge < -0.3 is 10.4 Å². The number of hydrogen-bond donors (Lipinski definition) is 2. The third-order valence-electron chi connectivity index (χ3n) is 4.46. The molecule has 0 radical (unpaired) electrons. The van der Waals surface area contributed by atoms with E-state index in [9.17, 15) is 15.2 Å². The average Bonchev–Trinajstić information content (AvgIpc) is 2.86. The molecule has 1 aliphatic heterocycles. The number of carbonyl (C=O) groups is 1. The molecule has 2 N–H and O–H groups in total. The molecule has 1 fully saturated rings. The van der Waals surface area contributed by atoms with Crippen LogP contribution in [0.25, 0.3) is 0 Å². The van der Waals surface area contributed by atoms with E-state index < -0.39 is 0 Å². The molecule has 2 heterocycles. The molecule has 1 aliphatic carbocycles. The molecule has 1 saturated heterocycles. The van der Waals surface area contributed by atoms with Gasteiger partial charge in [0.2, 0.25) is 5.91 Å². The van der Waals surface area contributed by atoms with E-state index in [1.54, 1.807) is 11.3 Å². The van der Waals surface area contributed by atoms with Gasteiger partial charge in [0, 0.05) is 18.0 Å². The minimum atomic E-state index is -0.228. The number of piperidine rings is 1. The Hall–Kier alpha value is -1.42. The number of nitrogens with zero attached hydrogens (tertiary/aromatic N) is 2. The fourth-order valence-corrected chi connectivity index (χ4v) is 4.47. The Kier molecular flexibility index (Phi) is 4.77. The number of anilines is 1. The number of likely N-dealkylation sites (tertiary alicyclic amines) is 1. The molecule has 0 atom stereocenters. The molecule has 0 saturated carbocycles. The summed E-state index contributed by atoms with van der Waals surface area (Å²) in [6.07, 6.45) is 5.49. The Morgan fingerprint density at radius 2 is 2.09 bits per heavy atom. The number of amides is 1. The molecule has 0 spiro atoms. The molecule has 1 aromatic rings. The number of hydrogen-bond acceptors (Lipinski definition) is 5. The Balaban J connectivity index is 1.64. The number of aliphatic hydroxyl groups is 1. The standard InChI is InChI=1S/C16H21N3O2S/c17-9-13-12-3-1-2-4-14(12)22-16(13)18-15(21)10-19-7-5-11(20)6-8-19/h11,20H,1-8,10H2,(H,18,21). The number of nitrogens with one attached hydrogen (secondary N) is 1. The van der Waals surface area contributed by atoms with Crippen LogP contribution in [0.4, 0.5) is 5.00 Å². The van der Waals surface area contributed by atoms with Crippen LogP contribution >= 0.6 is 11.3 Å². The van der Waals surface area contributed by atoms with Gasteiger partial charge in [0.05, 0.1) is 18.2 Å². The lowest BCUT2D eigenvalue weighted by Crippen LogP contribution is -2.40. The monoisotopic (exact) mass is 319 g/mol. The molecular weight excluding hydrogens is 298 g/mol. The molecule has 1 aromatic heterocycles. The maximum atomic E-state index is 12.2. The topological polar surface area (TPSA) is 76.4 Å². The third kappa shape index (κ3) is 3.32. The first-order valence-electron chi connectivity index (χ1n) is 7.92. The third-order valence-corrected chi connectivity index (χ3v) is 5.67. The van der Waals surface area contributed by atoms with Crippen LogP contribution in [0.1, 0.15) is 41.7 Å². The van der Waals surface area contributed by atoms with E-state index in [1.165, 1.54) is 11.3 Å². The second kappa shape index (κ2) is 6.78. The summed E-state index contributed by atoms with van der Waals surface area (Å²) in [5, 5.41) is 22.5. The Morgan fingerprint density at radius 1 is 1.36 bits per heavy atom. The van der Waals surface area contributed by atoms with Crippen molar-refractivity contribution < 1.29 is 9.90 Å². The van der Waals surface area contributed by atoms with Crippen LogP contribution in [0, 0.1) is 11.3 Å².